The highest BCUT2D eigenvalue weighted by atomic mass is 35.5. The van der Waals surface area contributed by atoms with E-state index < -0.39 is 64.8 Å². The molecule has 3 rings (SSSR count). The molecule has 3 N–H and O–H groups in total. The van der Waals surface area contributed by atoms with E-state index >= 15 is 4.39 Å². The zero-order chi connectivity index (χ0) is 26.1. The van der Waals surface area contributed by atoms with Gasteiger partial charge in [0.25, 0.3) is 0 Å². The normalized spacial score (nSPS) is 37.5. The zero-order valence-corrected chi connectivity index (χ0v) is 22.2. The molecule has 2 aliphatic rings. The maximum atomic E-state index is 15.3. The zero-order valence-electron chi connectivity index (χ0n) is 20.6. The minimum atomic E-state index is -1.35. The Morgan fingerprint density at radius 1 is 1.34 bits per heavy atom. The average molecular weight is 533 g/mol. The SMILES string of the molecule is Cc1nc(C=C(F)[C@@H]2CC3OC3(Cl)COC[C@H](C)[C@H](O)[C@@H](C)C(=O)C(C)(C)[C@@H](O)CC(=O)N2)cs1. The maximum absolute atomic E-state index is 15.3. The van der Waals surface area contributed by atoms with Gasteiger partial charge in [-0.2, -0.15) is 0 Å². The molecule has 0 aliphatic carbocycles. The predicted octanol–water partition coefficient (Wildman–Crippen LogP) is 2.98. The van der Waals surface area contributed by atoms with Crippen molar-refractivity contribution in [3.8, 4) is 0 Å². The van der Waals surface area contributed by atoms with Gasteiger partial charge in [-0.25, -0.2) is 9.37 Å². The quantitative estimate of drug-likeness (QED) is 0.395. The summed E-state index contributed by atoms with van der Waals surface area (Å²) >= 11 is 7.85. The van der Waals surface area contributed by atoms with Crippen LogP contribution in [0.25, 0.3) is 6.08 Å². The fourth-order valence-electron chi connectivity index (χ4n) is 4.26. The number of nitrogens with one attached hydrogen (secondary N) is 1. The minimum absolute atomic E-state index is 0.0000965. The van der Waals surface area contributed by atoms with E-state index in [2.05, 4.69) is 10.3 Å². The molecule has 2 aliphatic heterocycles. The second-order valence-electron chi connectivity index (χ2n) is 10.1. The summed E-state index contributed by atoms with van der Waals surface area (Å²) in [5.74, 6) is -2.85. The number of ketones is 1. The fourth-order valence-corrected chi connectivity index (χ4v) is 5.11. The van der Waals surface area contributed by atoms with E-state index in [0.717, 1.165) is 5.01 Å². The van der Waals surface area contributed by atoms with Gasteiger partial charge in [0.05, 0.1) is 54.0 Å². The van der Waals surface area contributed by atoms with Gasteiger partial charge in [-0.05, 0) is 13.0 Å². The second kappa shape index (κ2) is 10.9. The van der Waals surface area contributed by atoms with Crippen molar-refractivity contribution >= 4 is 40.7 Å². The van der Waals surface area contributed by atoms with Crippen LogP contribution in [-0.2, 0) is 19.1 Å². The number of hydrogen-bond acceptors (Lipinski definition) is 8. The van der Waals surface area contributed by atoms with Crippen LogP contribution >= 0.6 is 22.9 Å². The van der Waals surface area contributed by atoms with Crippen molar-refractivity contribution in [2.24, 2.45) is 17.3 Å². The Kier molecular flexibility index (Phi) is 8.77. The lowest BCUT2D eigenvalue weighted by Gasteiger charge is -2.34. The molecule has 1 amide bonds. The Morgan fingerprint density at radius 3 is 2.66 bits per heavy atom. The molecule has 2 saturated heterocycles. The van der Waals surface area contributed by atoms with Crippen LogP contribution in [0, 0.1) is 24.2 Å². The van der Waals surface area contributed by atoms with Crippen molar-refractivity contribution in [1.82, 2.24) is 10.3 Å². The van der Waals surface area contributed by atoms with E-state index in [1.54, 1.807) is 26.2 Å². The molecule has 1 aromatic heterocycles. The molecule has 8 nitrogen and oxygen atoms in total. The number of carbonyl (C=O) groups is 2. The molecule has 2 unspecified atom stereocenters. The third-order valence-electron chi connectivity index (χ3n) is 6.84. The van der Waals surface area contributed by atoms with Gasteiger partial charge in [-0.1, -0.05) is 39.3 Å². The minimum Gasteiger partial charge on any atom is -0.392 e. The highest BCUT2D eigenvalue weighted by Gasteiger charge is 2.56. The lowest BCUT2D eigenvalue weighted by atomic mass is 9.73. The first-order chi connectivity index (χ1) is 16.2. The van der Waals surface area contributed by atoms with Gasteiger partial charge in [-0.15, -0.1) is 11.3 Å². The number of epoxide rings is 1. The lowest BCUT2D eigenvalue weighted by Crippen LogP contribution is -2.47. The molecule has 0 saturated carbocycles. The van der Waals surface area contributed by atoms with E-state index in [-0.39, 0.29) is 25.4 Å². The summed E-state index contributed by atoms with van der Waals surface area (Å²) in [4.78, 5) is 30.2. The largest absolute Gasteiger partial charge is 0.392 e. The number of amides is 1. The molecule has 11 heteroatoms. The summed E-state index contributed by atoms with van der Waals surface area (Å²) in [5, 5.41) is 25.4. The number of thiazole rings is 1. The third-order valence-corrected chi connectivity index (χ3v) is 8.07. The van der Waals surface area contributed by atoms with Crippen LogP contribution < -0.4 is 5.32 Å². The van der Waals surface area contributed by atoms with E-state index in [4.69, 9.17) is 21.1 Å². The molecule has 2 fully saturated rings. The van der Waals surface area contributed by atoms with E-state index in [1.165, 1.54) is 31.3 Å². The summed E-state index contributed by atoms with van der Waals surface area (Å²) in [5.41, 5.74) is -0.890. The number of nitrogens with zero attached hydrogens (tertiary/aromatic N) is 1. The van der Waals surface area contributed by atoms with Crippen LogP contribution in [0.4, 0.5) is 4.39 Å². The molecule has 0 aromatic carbocycles. The van der Waals surface area contributed by atoms with Gasteiger partial charge in [0.15, 0.2) is 5.06 Å². The molecule has 0 radical (unpaired) electrons. The summed E-state index contributed by atoms with van der Waals surface area (Å²) in [6, 6.07) is -1.08. The summed E-state index contributed by atoms with van der Waals surface area (Å²) in [7, 11) is 0. The molecule has 196 valence electrons. The number of aromatic nitrogens is 1. The number of fused-ring (bicyclic) bond motifs is 1. The Morgan fingerprint density at radius 2 is 2.03 bits per heavy atom. The molecule has 7 atom stereocenters. The van der Waals surface area contributed by atoms with Crippen LogP contribution in [0.3, 0.4) is 0 Å². The van der Waals surface area contributed by atoms with E-state index in [1.807, 2.05) is 0 Å². The maximum Gasteiger partial charge on any atom is 0.223 e. The van der Waals surface area contributed by atoms with Gasteiger partial charge >= 0.3 is 0 Å². The van der Waals surface area contributed by atoms with Crippen molar-refractivity contribution in [3.63, 3.8) is 0 Å². The molecular weight excluding hydrogens is 499 g/mol. The van der Waals surface area contributed by atoms with Crippen LogP contribution in [0.2, 0.25) is 0 Å². The number of aliphatic hydroxyl groups is 2. The summed E-state index contributed by atoms with van der Waals surface area (Å²) in [6.07, 6.45) is -2.08. The molecule has 1 aromatic rings. The Balaban J connectivity index is 1.85. The molecule has 0 spiro atoms. The van der Waals surface area contributed by atoms with Crippen molar-refractivity contribution in [3.05, 3.63) is 21.9 Å². The van der Waals surface area contributed by atoms with Gasteiger partial charge in [0.2, 0.25) is 5.91 Å². The molecule has 35 heavy (non-hydrogen) atoms. The number of aliphatic hydroxyl groups excluding tert-OH is 2. The van der Waals surface area contributed by atoms with Gasteiger partial charge in [-0.3, -0.25) is 9.59 Å². The van der Waals surface area contributed by atoms with E-state index in [9.17, 15) is 19.8 Å². The highest BCUT2D eigenvalue weighted by molar-refractivity contribution is 7.09. The van der Waals surface area contributed by atoms with Crippen molar-refractivity contribution in [1.29, 1.82) is 0 Å². The average Bonchev–Trinajstić information content (AvgIpc) is 3.22. The van der Waals surface area contributed by atoms with Crippen molar-refractivity contribution < 1.29 is 33.7 Å². The second-order valence-corrected chi connectivity index (χ2v) is 11.8. The number of hydrogen-bond donors (Lipinski definition) is 3. The molecular formula is C24H34ClFN2O6S. The number of aryl methyl sites for hydroxylation is 1. The van der Waals surface area contributed by atoms with Crippen molar-refractivity contribution in [2.75, 3.05) is 13.2 Å². The predicted molar refractivity (Wildman–Crippen MR) is 131 cm³/mol. The standard InChI is InChI=1S/C24H34ClFN2O6S/c1-12-9-33-11-24(25)19(34-24)7-17(16(26)6-15-10-35-14(3)27-15)28-20(30)8-18(29)23(4,5)22(32)13(2)21(12)31/h6,10,12-13,17-19,21,29,31H,7-9,11H2,1-5H3,(H,28,30)/t12-,13+,17-,18-,19?,21-,24?/m0/s1. The third kappa shape index (κ3) is 6.67. The lowest BCUT2D eigenvalue weighted by molar-refractivity contribution is -0.143. The van der Waals surface area contributed by atoms with Gasteiger partial charge < -0.3 is 25.0 Å². The van der Waals surface area contributed by atoms with Gasteiger partial charge in [0, 0.05) is 23.6 Å². The topological polar surface area (TPSA) is 121 Å². The smallest absolute Gasteiger partial charge is 0.223 e. The summed E-state index contributed by atoms with van der Waals surface area (Å²) < 4.78 is 26.5. The number of Topliss-reactive ketones (excluding diaryl/α,β-unsaturated/α-hetero) is 1. The summed E-state index contributed by atoms with van der Waals surface area (Å²) in [6.45, 7) is 8.33. The van der Waals surface area contributed by atoms with E-state index in [0.29, 0.717) is 5.69 Å². The van der Waals surface area contributed by atoms with Crippen LogP contribution in [0.1, 0.15) is 51.2 Å². The number of alkyl halides is 1. The van der Waals surface area contributed by atoms with Crippen LogP contribution in [0.15, 0.2) is 11.2 Å². The fraction of sp³-hybridized carbons (Fsp3) is 0.708. The highest BCUT2D eigenvalue weighted by Crippen LogP contribution is 2.44. The number of carbonyl (C=O) groups excluding carboxylic acids is 2. The number of ether oxygens (including phenoxy) is 2. The Bertz CT molecular complexity index is 972. The number of rotatable bonds is 2. The first-order valence-electron chi connectivity index (χ1n) is 11.7. The first kappa shape index (κ1) is 28.1. The first-order valence-corrected chi connectivity index (χ1v) is 12.9. The van der Waals surface area contributed by atoms with Crippen LogP contribution in [0.5, 0.6) is 0 Å². The molecule has 3 heterocycles. The van der Waals surface area contributed by atoms with Gasteiger partial charge in [0.1, 0.15) is 17.7 Å². The number of halogens is 2. The Labute approximate surface area is 213 Å². The monoisotopic (exact) mass is 532 g/mol. The Hall–Kier alpha value is -1.43. The van der Waals surface area contributed by atoms with Crippen molar-refractivity contribution in [2.45, 2.75) is 76.9 Å². The molecule has 0 bridgehead atoms. The van der Waals surface area contributed by atoms with Crippen LogP contribution in [-0.4, -0.2) is 69.5 Å².